The molecule has 1 aromatic heterocycles. The molecule has 0 atom stereocenters. The van der Waals surface area contributed by atoms with E-state index in [9.17, 15) is 25.9 Å². The van der Waals surface area contributed by atoms with Crippen molar-refractivity contribution in [3.05, 3.63) is 70.4 Å². The molecule has 13 heteroatoms. The van der Waals surface area contributed by atoms with Crippen LogP contribution in [0.15, 0.2) is 58.3 Å². The first-order chi connectivity index (χ1) is 16.3. The molecule has 35 heavy (non-hydrogen) atoms. The number of ether oxygens (including phenoxy) is 1. The Labute approximate surface area is 207 Å². The molecule has 0 bridgehead atoms. The zero-order chi connectivity index (χ0) is 25.5. The van der Waals surface area contributed by atoms with Crippen LogP contribution in [0.3, 0.4) is 0 Å². The molecule has 0 aliphatic carbocycles. The van der Waals surface area contributed by atoms with Crippen molar-refractivity contribution in [2.75, 3.05) is 10.8 Å². The number of aryl methyl sites for hydroxylation is 1. The monoisotopic (exact) mass is 540 g/mol. The molecule has 0 radical (unpaired) electrons. The van der Waals surface area contributed by atoms with Gasteiger partial charge in [-0.15, -0.1) is 4.57 Å². The highest BCUT2D eigenvalue weighted by Gasteiger charge is 2.30. The minimum absolute atomic E-state index is 0.0723. The molecule has 0 fully saturated rings. The lowest BCUT2D eigenvalue weighted by Crippen LogP contribution is -2.39. The van der Waals surface area contributed by atoms with Crippen molar-refractivity contribution >= 4 is 54.7 Å². The summed E-state index contributed by atoms with van der Waals surface area (Å²) in [5.74, 6) is -0.993. The second-order valence-electron chi connectivity index (χ2n) is 7.93. The van der Waals surface area contributed by atoms with Gasteiger partial charge in [-0.05, 0) is 48.7 Å². The van der Waals surface area contributed by atoms with Crippen LogP contribution in [0.4, 0.5) is 5.69 Å². The maximum Gasteiger partial charge on any atom is 0.375 e. The lowest BCUT2D eigenvalue weighted by Gasteiger charge is -2.17. The van der Waals surface area contributed by atoms with Crippen LogP contribution in [0.2, 0.25) is 5.02 Å². The smallest absolute Gasteiger partial charge is 0.375 e. The van der Waals surface area contributed by atoms with Crippen molar-refractivity contribution in [3.63, 3.8) is 0 Å². The third-order valence-electron chi connectivity index (χ3n) is 5.18. The fourth-order valence-electron chi connectivity index (χ4n) is 3.65. The van der Waals surface area contributed by atoms with E-state index in [2.05, 4.69) is 0 Å². The fraction of sp³-hybridized carbons (Fsp3) is 0.227. The van der Waals surface area contributed by atoms with Gasteiger partial charge >= 0.3 is 5.89 Å². The number of halogens is 1. The van der Waals surface area contributed by atoms with Crippen molar-refractivity contribution in [2.45, 2.75) is 26.1 Å². The summed E-state index contributed by atoms with van der Waals surface area (Å²) < 4.78 is 80.3. The Kier molecular flexibility index (Phi) is 6.68. The van der Waals surface area contributed by atoms with E-state index < -0.39 is 32.0 Å². The van der Waals surface area contributed by atoms with Gasteiger partial charge in [0, 0.05) is 17.2 Å². The standard InChI is InChI=1S/C22H21ClN2O8S2/c1-3-15(9-21-24(12-34(26,27)28)17-8-14(2)4-6-19(17)32-21)10-22-25(13-35(29,30)31)18-11-16(23)5-7-20(18)33-22/h4-11H,3,12-13H2,1-2H3,(H-,26,27,28,29,30,31). The highest BCUT2D eigenvalue weighted by Crippen LogP contribution is 2.40. The summed E-state index contributed by atoms with van der Waals surface area (Å²) in [5, 5.41) is 0.331. The molecule has 0 amide bonds. The summed E-state index contributed by atoms with van der Waals surface area (Å²) in [5.41, 5.74) is 2.53. The van der Waals surface area contributed by atoms with Crippen LogP contribution in [-0.2, 0) is 26.1 Å². The van der Waals surface area contributed by atoms with E-state index in [0.717, 1.165) is 5.56 Å². The Hall–Kier alpha value is -2.90. The van der Waals surface area contributed by atoms with E-state index in [-0.39, 0.29) is 11.8 Å². The van der Waals surface area contributed by atoms with Gasteiger partial charge in [-0.3, -0.25) is 9.45 Å². The predicted octanol–water partition coefficient (Wildman–Crippen LogP) is 3.56. The highest BCUT2D eigenvalue weighted by molar-refractivity contribution is 7.85. The number of nitrogens with zero attached hydrogens (tertiary/aromatic N) is 2. The molecule has 0 saturated carbocycles. The van der Waals surface area contributed by atoms with Crippen LogP contribution in [-0.4, -0.2) is 31.8 Å². The Morgan fingerprint density at radius 1 is 1.20 bits per heavy atom. The Bertz CT molecular complexity index is 1590. The largest absolute Gasteiger partial charge is 0.743 e. The van der Waals surface area contributed by atoms with Crippen LogP contribution in [0.1, 0.15) is 24.8 Å². The fourth-order valence-corrected chi connectivity index (χ4v) is 4.99. The third-order valence-corrected chi connectivity index (χ3v) is 6.58. The summed E-state index contributed by atoms with van der Waals surface area (Å²) in [4.78, 5) is 1.32. The van der Waals surface area contributed by atoms with Gasteiger partial charge < -0.3 is 13.7 Å². The molecule has 10 nitrogen and oxygen atoms in total. The van der Waals surface area contributed by atoms with Crippen LogP contribution in [0.25, 0.3) is 17.2 Å². The molecule has 1 aliphatic rings. The first-order valence-electron chi connectivity index (χ1n) is 10.3. The van der Waals surface area contributed by atoms with Gasteiger partial charge in [0.1, 0.15) is 0 Å². The molecule has 0 unspecified atom stereocenters. The molecule has 2 aromatic carbocycles. The second kappa shape index (κ2) is 9.28. The van der Waals surface area contributed by atoms with Gasteiger partial charge in [0.2, 0.25) is 17.3 Å². The molecule has 2 heterocycles. The predicted molar refractivity (Wildman–Crippen MR) is 128 cm³/mol. The number of anilines is 1. The summed E-state index contributed by atoms with van der Waals surface area (Å²) in [6.45, 7) is 3.65. The van der Waals surface area contributed by atoms with Gasteiger partial charge in [0.05, 0.1) is 11.8 Å². The number of oxazole rings is 1. The molecule has 4 rings (SSSR count). The first-order valence-corrected chi connectivity index (χ1v) is 13.9. The minimum Gasteiger partial charge on any atom is -0.743 e. The molecule has 1 aliphatic heterocycles. The average molecular weight is 541 g/mol. The molecular weight excluding hydrogens is 520 g/mol. The summed E-state index contributed by atoms with van der Waals surface area (Å²) in [6.07, 6.45) is 3.48. The van der Waals surface area contributed by atoms with Crippen molar-refractivity contribution in [1.82, 2.24) is 0 Å². The zero-order valence-corrected chi connectivity index (χ0v) is 21.0. The van der Waals surface area contributed by atoms with Crippen molar-refractivity contribution in [2.24, 2.45) is 0 Å². The summed E-state index contributed by atoms with van der Waals surface area (Å²) >= 11 is 6.04. The molecule has 3 aromatic rings. The molecular formula is C22H21ClN2O8S2. The Morgan fingerprint density at radius 2 is 1.94 bits per heavy atom. The van der Waals surface area contributed by atoms with Crippen LogP contribution in [0.5, 0.6) is 5.75 Å². The van der Waals surface area contributed by atoms with Gasteiger partial charge in [0.25, 0.3) is 15.6 Å². The lowest BCUT2D eigenvalue weighted by molar-refractivity contribution is -0.658. The highest BCUT2D eigenvalue weighted by atomic mass is 35.5. The van der Waals surface area contributed by atoms with E-state index >= 15 is 0 Å². The normalized spacial score (nSPS) is 15.6. The maximum absolute atomic E-state index is 11.7. The van der Waals surface area contributed by atoms with E-state index in [1.807, 2.05) is 13.8 Å². The van der Waals surface area contributed by atoms with Crippen molar-refractivity contribution < 1.29 is 39.7 Å². The van der Waals surface area contributed by atoms with Crippen molar-refractivity contribution in [3.8, 4) is 5.75 Å². The third kappa shape index (κ3) is 5.85. The minimum atomic E-state index is -4.67. The maximum atomic E-state index is 11.7. The molecule has 0 spiro atoms. The topological polar surface area (TPSA) is 141 Å². The van der Waals surface area contributed by atoms with Gasteiger partial charge in [-0.2, -0.15) is 8.42 Å². The van der Waals surface area contributed by atoms with Gasteiger partial charge in [-0.25, -0.2) is 8.42 Å². The van der Waals surface area contributed by atoms with E-state index in [1.165, 1.54) is 21.6 Å². The zero-order valence-electron chi connectivity index (χ0n) is 18.6. The number of hydrogen-bond donors (Lipinski definition) is 1. The SMILES string of the molecule is CCC(=Cc1oc2ccc(Cl)cc2[n+]1CS(=O)(=O)[O-])C=C1Oc2ccc(C)cc2N1CS(=O)(=O)O. The average Bonchev–Trinajstić information content (AvgIpc) is 3.23. The van der Waals surface area contributed by atoms with E-state index in [4.69, 9.17) is 20.8 Å². The number of rotatable bonds is 7. The Balaban J connectivity index is 1.83. The number of aromatic nitrogens is 1. The number of benzene rings is 2. The number of allylic oxidation sites excluding steroid dienone is 2. The number of fused-ring (bicyclic) bond motifs is 2. The van der Waals surface area contributed by atoms with Gasteiger partial charge in [-0.1, -0.05) is 24.6 Å². The number of hydrogen-bond acceptors (Lipinski definition) is 8. The summed E-state index contributed by atoms with van der Waals surface area (Å²) in [7, 11) is -9.07. The van der Waals surface area contributed by atoms with E-state index in [1.54, 1.807) is 36.4 Å². The van der Waals surface area contributed by atoms with Crippen LogP contribution in [0, 0.1) is 6.92 Å². The quantitative estimate of drug-likeness (QED) is 0.351. The molecule has 186 valence electrons. The molecule has 0 saturated heterocycles. The summed E-state index contributed by atoms with van der Waals surface area (Å²) in [6, 6.07) is 9.83. The van der Waals surface area contributed by atoms with Crippen LogP contribution < -0.4 is 14.2 Å². The first kappa shape index (κ1) is 25.2. The molecule has 1 N–H and O–H groups in total. The Morgan fingerprint density at radius 3 is 2.60 bits per heavy atom. The lowest BCUT2D eigenvalue weighted by atomic mass is 10.2. The van der Waals surface area contributed by atoms with Gasteiger partial charge in [0.15, 0.2) is 21.7 Å². The van der Waals surface area contributed by atoms with Crippen molar-refractivity contribution in [1.29, 1.82) is 0 Å². The van der Waals surface area contributed by atoms with E-state index in [0.29, 0.717) is 39.6 Å². The van der Waals surface area contributed by atoms with Crippen LogP contribution >= 0.6 is 11.6 Å². The second-order valence-corrected chi connectivity index (χ2v) is 11.2.